The molecule has 1 atom stereocenters. The number of benzene rings is 1. The van der Waals surface area contributed by atoms with Gasteiger partial charge in [-0.1, -0.05) is 36.7 Å². The van der Waals surface area contributed by atoms with Crippen LogP contribution in [0.1, 0.15) is 49.2 Å². The number of anilines is 1. The molecule has 0 aliphatic carbocycles. The van der Waals surface area contributed by atoms with Crippen molar-refractivity contribution in [3.05, 3.63) is 41.5 Å². The summed E-state index contributed by atoms with van der Waals surface area (Å²) in [6, 6.07) is 7.74. The molecule has 1 amide bonds. The molecule has 1 aromatic carbocycles. The zero-order valence-electron chi connectivity index (χ0n) is 13.8. The van der Waals surface area contributed by atoms with E-state index in [1.54, 1.807) is 0 Å². The molecule has 23 heavy (non-hydrogen) atoms. The molecule has 0 spiro atoms. The quantitative estimate of drug-likeness (QED) is 0.786. The van der Waals surface area contributed by atoms with Crippen molar-refractivity contribution in [2.45, 2.75) is 45.3 Å². The third-order valence-corrected chi connectivity index (χ3v) is 4.60. The molecule has 0 aliphatic heterocycles. The molecular weight excluding hydrogens is 310 g/mol. The van der Waals surface area contributed by atoms with Gasteiger partial charge in [0.1, 0.15) is 0 Å². The van der Waals surface area contributed by atoms with Crippen LogP contribution in [0.2, 0.25) is 0 Å². The number of thioether (sulfide) groups is 1. The number of unbranched alkanes of at least 4 members (excludes halogenated alkanes) is 1. The van der Waals surface area contributed by atoms with Crippen LogP contribution in [0, 0.1) is 6.92 Å². The molecule has 1 heterocycles. The predicted molar refractivity (Wildman–Crippen MR) is 93.6 cm³/mol. The fourth-order valence-electron chi connectivity index (χ4n) is 2.04. The molecule has 0 fully saturated rings. The molecule has 0 saturated heterocycles. The molecule has 0 aliphatic rings. The van der Waals surface area contributed by atoms with E-state index < -0.39 is 0 Å². The van der Waals surface area contributed by atoms with Crippen molar-refractivity contribution in [3.8, 4) is 0 Å². The molecule has 1 aromatic heterocycles. The lowest BCUT2D eigenvalue weighted by molar-refractivity contribution is -0.113. The molecule has 0 saturated carbocycles. The van der Waals surface area contributed by atoms with Crippen molar-refractivity contribution in [2.24, 2.45) is 0 Å². The highest BCUT2D eigenvalue weighted by Gasteiger charge is 2.16. The number of hydrogen-bond acceptors (Lipinski definition) is 5. The van der Waals surface area contributed by atoms with Crippen LogP contribution in [0.15, 0.2) is 28.8 Å². The molecule has 2 aromatic rings. The first kappa shape index (κ1) is 17.5. The van der Waals surface area contributed by atoms with Crippen LogP contribution in [0.4, 0.5) is 5.69 Å². The molecule has 1 N–H and O–H groups in total. The molecule has 6 heteroatoms. The van der Waals surface area contributed by atoms with Crippen molar-refractivity contribution >= 4 is 23.4 Å². The van der Waals surface area contributed by atoms with Crippen molar-refractivity contribution < 1.29 is 9.32 Å². The zero-order chi connectivity index (χ0) is 16.7. The van der Waals surface area contributed by atoms with E-state index in [0.717, 1.165) is 36.3 Å². The molecular formula is C17H23N3O2S. The number of amides is 1. The predicted octanol–water partition coefficient (Wildman–Crippen LogP) is 4.15. The van der Waals surface area contributed by atoms with Crippen LogP contribution in [0.3, 0.4) is 0 Å². The van der Waals surface area contributed by atoms with Gasteiger partial charge in [-0.15, -0.1) is 11.8 Å². The van der Waals surface area contributed by atoms with Crippen LogP contribution < -0.4 is 5.32 Å². The Hall–Kier alpha value is -1.82. The second kappa shape index (κ2) is 8.72. The number of hydrogen-bond donors (Lipinski definition) is 1. The average Bonchev–Trinajstić information content (AvgIpc) is 3.02. The second-order valence-electron chi connectivity index (χ2n) is 5.47. The molecule has 0 radical (unpaired) electrons. The minimum absolute atomic E-state index is 0.000460. The van der Waals surface area contributed by atoms with Gasteiger partial charge in [0.2, 0.25) is 11.8 Å². The van der Waals surface area contributed by atoms with Crippen LogP contribution in [0.25, 0.3) is 0 Å². The Balaban J connectivity index is 1.81. The van der Waals surface area contributed by atoms with Crippen molar-refractivity contribution in [3.63, 3.8) is 0 Å². The lowest BCUT2D eigenvalue weighted by Crippen LogP contribution is -2.15. The number of nitrogens with zero attached hydrogens (tertiary/aromatic N) is 2. The van der Waals surface area contributed by atoms with E-state index in [4.69, 9.17) is 4.52 Å². The Bertz CT molecular complexity index is 642. The number of para-hydroxylation sites is 1. The summed E-state index contributed by atoms with van der Waals surface area (Å²) in [6.45, 7) is 6.08. The summed E-state index contributed by atoms with van der Waals surface area (Å²) < 4.78 is 5.28. The lowest BCUT2D eigenvalue weighted by atomic mass is 10.2. The van der Waals surface area contributed by atoms with Gasteiger partial charge in [0.15, 0.2) is 5.82 Å². The summed E-state index contributed by atoms with van der Waals surface area (Å²) in [5.74, 6) is 1.66. The highest BCUT2D eigenvalue weighted by Crippen LogP contribution is 2.27. The standard InChI is InChI=1S/C17H23N3O2S/c1-4-5-10-15-19-17(22-20-15)13(3)23-11-16(21)18-14-9-7-6-8-12(14)2/h6-9,13H,4-5,10-11H2,1-3H3,(H,18,21)/t13-/m1/s1. The van der Waals surface area contributed by atoms with E-state index >= 15 is 0 Å². The summed E-state index contributed by atoms with van der Waals surface area (Å²) in [7, 11) is 0. The molecule has 124 valence electrons. The minimum atomic E-state index is -0.0260. The van der Waals surface area contributed by atoms with Gasteiger partial charge in [-0.25, -0.2) is 0 Å². The monoisotopic (exact) mass is 333 g/mol. The highest BCUT2D eigenvalue weighted by molar-refractivity contribution is 8.00. The summed E-state index contributed by atoms with van der Waals surface area (Å²) in [4.78, 5) is 16.4. The Morgan fingerprint density at radius 1 is 1.39 bits per heavy atom. The normalized spacial score (nSPS) is 12.1. The summed E-state index contributed by atoms with van der Waals surface area (Å²) in [5.41, 5.74) is 1.90. The maximum atomic E-state index is 12.0. The number of rotatable bonds is 8. The molecule has 0 bridgehead atoms. The van der Waals surface area contributed by atoms with Gasteiger partial charge in [0.05, 0.1) is 11.0 Å². The van der Waals surface area contributed by atoms with Gasteiger partial charge in [0, 0.05) is 12.1 Å². The Labute approximate surface area is 141 Å². The first-order valence-electron chi connectivity index (χ1n) is 7.89. The number of nitrogens with one attached hydrogen (secondary N) is 1. The fraction of sp³-hybridized carbons (Fsp3) is 0.471. The Morgan fingerprint density at radius 3 is 2.91 bits per heavy atom. The summed E-state index contributed by atoms with van der Waals surface area (Å²) >= 11 is 1.49. The van der Waals surface area contributed by atoms with Gasteiger partial charge < -0.3 is 9.84 Å². The number of aryl methyl sites for hydroxylation is 2. The average molecular weight is 333 g/mol. The van der Waals surface area contributed by atoms with Crippen LogP contribution in [-0.4, -0.2) is 21.8 Å². The van der Waals surface area contributed by atoms with Crippen molar-refractivity contribution in [1.29, 1.82) is 0 Å². The highest BCUT2D eigenvalue weighted by atomic mass is 32.2. The number of carbonyl (C=O) groups excluding carboxylic acids is 1. The van der Waals surface area contributed by atoms with Gasteiger partial charge in [0.25, 0.3) is 0 Å². The summed E-state index contributed by atoms with van der Waals surface area (Å²) in [5, 5.41) is 6.91. The van der Waals surface area contributed by atoms with E-state index in [-0.39, 0.29) is 11.2 Å². The van der Waals surface area contributed by atoms with Crippen LogP contribution in [-0.2, 0) is 11.2 Å². The second-order valence-corrected chi connectivity index (χ2v) is 6.80. The molecule has 2 rings (SSSR count). The third kappa shape index (κ3) is 5.39. The van der Waals surface area contributed by atoms with E-state index in [1.165, 1.54) is 11.8 Å². The largest absolute Gasteiger partial charge is 0.338 e. The number of aromatic nitrogens is 2. The van der Waals surface area contributed by atoms with Crippen molar-refractivity contribution in [2.75, 3.05) is 11.1 Å². The van der Waals surface area contributed by atoms with Gasteiger partial charge in [-0.2, -0.15) is 4.98 Å². The maximum absolute atomic E-state index is 12.0. The number of carbonyl (C=O) groups is 1. The SMILES string of the molecule is CCCCc1noc([C@@H](C)SCC(=O)Nc2ccccc2C)n1. The molecule has 5 nitrogen and oxygen atoms in total. The maximum Gasteiger partial charge on any atom is 0.239 e. The third-order valence-electron chi connectivity index (χ3n) is 3.47. The Morgan fingerprint density at radius 2 is 2.17 bits per heavy atom. The topological polar surface area (TPSA) is 68.0 Å². The van der Waals surface area contributed by atoms with E-state index in [9.17, 15) is 4.79 Å². The smallest absolute Gasteiger partial charge is 0.239 e. The Kier molecular flexibility index (Phi) is 6.65. The summed E-state index contributed by atoms with van der Waals surface area (Å²) in [6.07, 6.45) is 3.00. The van der Waals surface area contributed by atoms with E-state index in [2.05, 4.69) is 22.4 Å². The van der Waals surface area contributed by atoms with E-state index in [0.29, 0.717) is 11.6 Å². The van der Waals surface area contributed by atoms with Crippen LogP contribution in [0.5, 0.6) is 0 Å². The fourth-order valence-corrected chi connectivity index (χ4v) is 2.75. The van der Waals surface area contributed by atoms with Crippen molar-refractivity contribution in [1.82, 2.24) is 10.1 Å². The first-order valence-corrected chi connectivity index (χ1v) is 8.94. The minimum Gasteiger partial charge on any atom is -0.338 e. The lowest BCUT2D eigenvalue weighted by Gasteiger charge is -2.09. The van der Waals surface area contributed by atoms with E-state index in [1.807, 2.05) is 38.1 Å². The van der Waals surface area contributed by atoms with Gasteiger partial charge in [-0.3, -0.25) is 4.79 Å². The van der Waals surface area contributed by atoms with Gasteiger partial charge in [-0.05, 0) is 31.9 Å². The zero-order valence-corrected chi connectivity index (χ0v) is 14.7. The van der Waals surface area contributed by atoms with Gasteiger partial charge >= 0.3 is 0 Å². The van der Waals surface area contributed by atoms with Crippen LogP contribution >= 0.6 is 11.8 Å². The first-order chi connectivity index (χ1) is 11.1. The molecule has 0 unspecified atom stereocenters.